The van der Waals surface area contributed by atoms with Crippen molar-refractivity contribution in [1.82, 2.24) is 5.32 Å². The number of esters is 3. The molecule has 0 spiro atoms. The summed E-state index contributed by atoms with van der Waals surface area (Å²) in [5.74, 6) is -5.35. The van der Waals surface area contributed by atoms with Crippen LogP contribution in [0.2, 0.25) is 0 Å². The van der Waals surface area contributed by atoms with Crippen molar-refractivity contribution in [2.45, 2.75) is 128 Å². The van der Waals surface area contributed by atoms with Crippen molar-refractivity contribution in [3.8, 4) is 0 Å². The summed E-state index contributed by atoms with van der Waals surface area (Å²) in [4.78, 5) is 68.9. The van der Waals surface area contributed by atoms with Gasteiger partial charge in [-0.25, -0.2) is 14.4 Å². The maximum Gasteiger partial charge on any atom is 0.407 e. The fourth-order valence-electron chi connectivity index (χ4n) is 9.55. The van der Waals surface area contributed by atoms with Crippen LogP contribution >= 0.6 is 0 Å². The standard InChI is InChI=1S/C43H53NO14/c1-8-22(2)55-39(52)44-31(25-15-11-9-12-16-25)33(48)38(51)56-27-20-43(53)36(57-37(50)26-17-13-10-14-18-26)34-41(7,35(49)32(47)30(23(27)3)40(43,5)6)28(46)19-29-42(34,21-54-29)58-24(4)45/h9-18,22,27-29,31-34,36,46-48,53H,8,19-21H2,1-7H3,(H,44,52)/t22-,27+,28+,29-,31+,32-,33-,34+,36+,41-,42+,43-/m1/s1. The number of benzene rings is 2. The Bertz CT molecular complexity index is 1950. The quantitative estimate of drug-likeness (QED) is 0.132. The molecule has 5 N–H and O–H groups in total. The smallest absolute Gasteiger partial charge is 0.407 e. The van der Waals surface area contributed by atoms with Crippen LogP contribution in [0, 0.1) is 16.7 Å². The molecule has 12 atom stereocenters. The van der Waals surface area contributed by atoms with Gasteiger partial charge in [-0.3, -0.25) is 9.59 Å². The summed E-state index contributed by atoms with van der Waals surface area (Å²) in [6.45, 7) is 10.4. The van der Waals surface area contributed by atoms with Gasteiger partial charge in [0.25, 0.3) is 0 Å². The predicted molar refractivity (Wildman–Crippen MR) is 204 cm³/mol. The second-order valence-electron chi connectivity index (χ2n) is 16.7. The number of Topliss-reactive ketones (excluding diaryl/α,β-unsaturated/α-hetero) is 1. The van der Waals surface area contributed by atoms with E-state index in [2.05, 4.69) is 5.32 Å². The average molecular weight is 808 g/mol. The number of aliphatic hydroxyl groups excluding tert-OH is 3. The van der Waals surface area contributed by atoms with E-state index in [0.29, 0.717) is 12.0 Å². The van der Waals surface area contributed by atoms with Crippen LogP contribution in [0.25, 0.3) is 0 Å². The number of fused-ring (bicyclic) bond motifs is 5. The first-order chi connectivity index (χ1) is 27.2. The Kier molecular flexibility index (Phi) is 11.7. The summed E-state index contributed by atoms with van der Waals surface area (Å²) >= 11 is 0. The summed E-state index contributed by atoms with van der Waals surface area (Å²) in [5, 5.41) is 51.6. The molecule has 6 rings (SSSR count). The Hall–Kier alpha value is -4.67. The minimum Gasteiger partial charge on any atom is -0.456 e. The minimum absolute atomic E-state index is 0.0606. The number of rotatable bonds is 10. The highest BCUT2D eigenvalue weighted by atomic mass is 16.6. The van der Waals surface area contributed by atoms with Crippen LogP contribution in [0.15, 0.2) is 71.8 Å². The van der Waals surface area contributed by atoms with Gasteiger partial charge in [0.15, 0.2) is 17.5 Å². The molecule has 314 valence electrons. The minimum atomic E-state index is -2.35. The van der Waals surface area contributed by atoms with Gasteiger partial charge in [-0.15, -0.1) is 0 Å². The highest BCUT2D eigenvalue weighted by molar-refractivity contribution is 5.94. The average Bonchev–Trinajstić information content (AvgIpc) is 3.18. The Balaban J connectivity index is 1.48. The van der Waals surface area contributed by atoms with Crippen LogP contribution in [0.3, 0.4) is 0 Å². The van der Waals surface area contributed by atoms with Crippen LogP contribution in [-0.2, 0) is 38.1 Å². The number of amides is 1. The molecule has 1 saturated heterocycles. The first kappa shape index (κ1) is 42.9. The summed E-state index contributed by atoms with van der Waals surface area (Å²) < 4.78 is 29.5. The lowest BCUT2D eigenvalue weighted by Gasteiger charge is -2.67. The zero-order valence-electron chi connectivity index (χ0n) is 33.7. The van der Waals surface area contributed by atoms with Crippen LogP contribution in [0.5, 0.6) is 0 Å². The lowest BCUT2D eigenvalue weighted by Crippen LogP contribution is -2.81. The number of ether oxygens (including phenoxy) is 5. The van der Waals surface area contributed by atoms with Crippen molar-refractivity contribution in [2.75, 3.05) is 6.61 Å². The fourth-order valence-corrected chi connectivity index (χ4v) is 9.55. The van der Waals surface area contributed by atoms with Crippen LogP contribution in [0.4, 0.5) is 4.79 Å². The molecule has 0 radical (unpaired) electrons. The molecule has 2 aromatic rings. The van der Waals surface area contributed by atoms with Gasteiger partial charge in [-0.2, -0.15) is 0 Å². The van der Waals surface area contributed by atoms with Gasteiger partial charge >= 0.3 is 24.0 Å². The van der Waals surface area contributed by atoms with E-state index in [1.165, 1.54) is 26.0 Å². The van der Waals surface area contributed by atoms with E-state index in [4.69, 9.17) is 23.7 Å². The molecule has 2 aromatic carbocycles. The monoisotopic (exact) mass is 807 g/mol. The molecule has 1 amide bonds. The molecule has 58 heavy (non-hydrogen) atoms. The third-order valence-corrected chi connectivity index (χ3v) is 13.1. The van der Waals surface area contributed by atoms with Gasteiger partial charge < -0.3 is 49.4 Å². The first-order valence-corrected chi connectivity index (χ1v) is 19.6. The largest absolute Gasteiger partial charge is 0.456 e. The molecule has 4 aliphatic rings. The van der Waals surface area contributed by atoms with Crippen molar-refractivity contribution < 1.29 is 68.1 Å². The summed E-state index contributed by atoms with van der Waals surface area (Å²) in [6, 6.07) is 14.7. The zero-order valence-corrected chi connectivity index (χ0v) is 33.7. The van der Waals surface area contributed by atoms with Gasteiger partial charge in [0.1, 0.15) is 36.1 Å². The second kappa shape index (κ2) is 15.8. The van der Waals surface area contributed by atoms with Crippen molar-refractivity contribution >= 4 is 29.8 Å². The molecule has 0 unspecified atom stereocenters. The van der Waals surface area contributed by atoms with E-state index in [0.717, 1.165) is 6.92 Å². The Labute approximate surface area is 336 Å². The van der Waals surface area contributed by atoms with Crippen molar-refractivity contribution in [1.29, 1.82) is 0 Å². The molecule has 2 saturated carbocycles. The zero-order chi connectivity index (χ0) is 42.5. The number of hydrogen-bond acceptors (Lipinski definition) is 14. The van der Waals surface area contributed by atoms with Gasteiger partial charge in [-0.05, 0) is 56.0 Å². The number of aliphatic hydroxyl groups is 4. The number of nitrogens with one attached hydrogen (secondary N) is 1. The molecule has 2 bridgehead atoms. The molecule has 1 aliphatic heterocycles. The molecule has 3 aliphatic carbocycles. The number of carbonyl (C=O) groups excluding carboxylic acids is 5. The highest BCUT2D eigenvalue weighted by Crippen LogP contribution is 2.64. The molecular formula is C43H53NO14. The summed E-state index contributed by atoms with van der Waals surface area (Å²) in [5.41, 5.74) is -7.19. The number of carbonyl (C=O) groups is 5. The third kappa shape index (κ3) is 7.00. The lowest BCUT2D eigenvalue weighted by atomic mass is 9.44. The molecule has 1 heterocycles. The normalized spacial score (nSPS) is 33.9. The van der Waals surface area contributed by atoms with Crippen molar-refractivity contribution in [2.24, 2.45) is 16.7 Å². The van der Waals surface area contributed by atoms with Crippen molar-refractivity contribution in [3.63, 3.8) is 0 Å². The molecular weight excluding hydrogens is 754 g/mol. The van der Waals surface area contributed by atoms with E-state index < -0.39 is 113 Å². The third-order valence-electron chi connectivity index (χ3n) is 13.1. The number of hydrogen-bond donors (Lipinski definition) is 5. The number of ketones is 1. The van der Waals surface area contributed by atoms with Gasteiger partial charge in [0, 0.05) is 25.2 Å². The van der Waals surface area contributed by atoms with E-state index in [-0.39, 0.29) is 29.7 Å². The fraction of sp³-hybridized carbons (Fsp3) is 0.558. The molecule has 0 aromatic heterocycles. The second-order valence-corrected chi connectivity index (χ2v) is 16.7. The van der Waals surface area contributed by atoms with E-state index in [9.17, 15) is 44.4 Å². The van der Waals surface area contributed by atoms with E-state index in [1.54, 1.807) is 69.3 Å². The Morgan fingerprint density at radius 1 is 0.983 bits per heavy atom. The van der Waals surface area contributed by atoms with E-state index >= 15 is 0 Å². The van der Waals surface area contributed by atoms with Crippen molar-refractivity contribution in [3.05, 3.63) is 82.9 Å². The summed E-state index contributed by atoms with van der Waals surface area (Å²) in [6.07, 6.45) is -11.4. The van der Waals surface area contributed by atoms with Gasteiger partial charge in [-0.1, -0.05) is 69.3 Å². The van der Waals surface area contributed by atoms with Crippen LogP contribution in [0.1, 0.15) is 89.7 Å². The SMILES string of the molecule is CC[C@@H](C)OC(=O)N[C@@H](c1ccccc1)[C@@H](O)C(=O)O[C@H]1C[C@@]2(O)[C@@H](OC(=O)c3ccccc3)[C@@H]3[C@]4(OC(C)=O)CO[C@@H]4C[C@H](O)[C@@]3(C)C(=O)[C@H](O)C(=C1C)C2(C)C. The molecule has 3 fully saturated rings. The highest BCUT2D eigenvalue weighted by Gasteiger charge is 2.78. The van der Waals surface area contributed by atoms with E-state index in [1.807, 2.05) is 6.92 Å². The van der Waals surface area contributed by atoms with Gasteiger partial charge in [0.2, 0.25) is 0 Å². The molecule has 15 nitrogen and oxygen atoms in total. The first-order valence-electron chi connectivity index (χ1n) is 19.6. The summed E-state index contributed by atoms with van der Waals surface area (Å²) in [7, 11) is 0. The maximum atomic E-state index is 14.9. The van der Waals surface area contributed by atoms with Crippen LogP contribution in [-0.4, -0.2) is 111 Å². The topological polar surface area (TPSA) is 224 Å². The Morgan fingerprint density at radius 3 is 2.17 bits per heavy atom. The Morgan fingerprint density at radius 2 is 1.60 bits per heavy atom. The lowest BCUT2D eigenvalue weighted by molar-refractivity contribution is -0.346. The van der Waals surface area contributed by atoms with Gasteiger partial charge in [0.05, 0.1) is 35.6 Å². The molecule has 15 heteroatoms. The predicted octanol–water partition coefficient (Wildman–Crippen LogP) is 3.26. The van der Waals surface area contributed by atoms with Crippen LogP contribution < -0.4 is 5.32 Å². The maximum absolute atomic E-state index is 14.9. The number of alkyl carbamates (subject to hydrolysis) is 1.